The highest BCUT2D eigenvalue weighted by atomic mass is 16.6. The van der Waals surface area contributed by atoms with Crippen molar-refractivity contribution in [3.8, 4) is 0 Å². The van der Waals surface area contributed by atoms with Crippen molar-refractivity contribution in [2.75, 3.05) is 25.6 Å². The number of nitro benzene ring substituents is 1. The molecule has 1 aromatic rings. The second-order valence-corrected chi connectivity index (χ2v) is 4.38. The largest absolute Gasteiger partial charge is 0.355 e. The summed E-state index contributed by atoms with van der Waals surface area (Å²) in [5.74, 6) is 5.22. The highest BCUT2D eigenvalue weighted by Gasteiger charge is 2.14. The minimum atomic E-state index is -0.503. The fraction of sp³-hybridized carbons (Fsp3) is 0.417. The van der Waals surface area contributed by atoms with Crippen molar-refractivity contribution in [2.45, 2.75) is 13.5 Å². The molecule has 1 aromatic carbocycles. The third-order valence-electron chi connectivity index (χ3n) is 2.65. The molecule has 8 heteroatoms. The number of rotatable bonds is 7. The van der Waals surface area contributed by atoms with Crippen LogP contribution in [0.2, 0.25) is 0 Å². The van der Waals surface area contributed by atoms with Crippen LogP contribution in [0.4, 0.5) is 11.4 Å². The summed E-state index contributed by atoms with van der Waals surface area (Å²) in [4.78, 5) is 23.5. The van der Waals surface area contributed by atoms with E-state index in [-0.39, 0.29) is 23.8 Å². The third-order valence-corrected chi connectivity index (χ3v) is 2.65. The second kappa shape index (κ2) is 7.41. The molecular formula is C12H19N5O3. The lowest BCUT2D eigenvalue weighted by molar-refractivity contribution is -0.384. The van der Waals surface area contributed by atoms with Crippen LogP contribution in [-0.4, -0.2) is 35.9 Å². The summed E-state index contributed by atoms with van der Waals surface area (Å²) in [7, 11) is 1.80. The summed E-state index contributed by atoms with van der Waals surface area (Å²) in [5, 5.41) is 13.5. The molecule has 0 saturated heterocycles. The van der Waals surface area contributed by atoms with Gasteiger partial charge in [-0.2, -0.15) is 0 Å². The van der Waals surface area contributed by atoms with Crippen molar-refractivity contribution in [1.82, 2.24) is 10.2 Å². The first kappa shape index (κ1) is 15.9. The predicted molar refractivity (Wildman–Crippen MR) is 75.9 cm³/mol. The number of nitrogens with two attached hydrogens (primary N) is 1. The van der Waals surface area contributed by atoms with Gasteiger partial charge in [-0.1, -0.05) is 6.07 Å². The lowest BCUT2D eigenvalue weighted by Gasteiger charge is -2.16. The van der Waals surface area contributed by atoms with Gasteiger partial charge in [-0.05, 0) is 25.6 Å². The van der Waals surface area contributed by atoms with Crippen molar-refractivity contribution in [3.63, 3.8) is 0 Å². The molecule has 0 saturated carbocycles. The van der Waals surface area contributed by atoms with Gasteiger partial charge in [0.25, 0.3) is 5.69 Å². The highest BCUT2D eigenvalue weighted by Crippen LogP contribution is 2.24. The van der Waals surface area contributed by atoms with Crippen LogP contribution < -0.4 is 16.6 Å². The molecule has 0 aromatic heterocycles. The van der Waals surface area contributed by atoms with E-state index in [9.17, 15) is 14.9 Å². The summed E-state index contributed by atoms with van der Waals surface area (Å²) in [6.07, 6.45) is 0. The third kappa shape index (κ3) is 4.48. The van der Waals surface area contributed by atoms with Gasteiger partial charge in [-0.15, -0.1) is 0 Å². The minimum absolute atomic E-state index is 0.0610. The molecule has 20 heavy (non-hydrogen) atoms. The number of nitrogens with one attached hydrogen (secondary N) is 2. The number of hydrazine groups is 1. The Morgan fingerprint density at radius 3 is 2.75 bits per heavy atom. The first-order chi connectivity index (χ1) is 9.47. The van der Waals surface area contributed by atoms with E-state index >= 15 is 0 Å². The van der Waals surface area contributed by atoms with Crippen LogP contribution in [0.3, 0.4) is 0 Å². The van der Waals surface area contributed by atoms with Crippen LogP contribution in [0.15, 0.2) is 18.2 Å². The smallest absolute Gasteiger partial charge is 0.293 e. The van der Waals surface area contributed by atoms with Gasteiger partial charge in [0.15, 0.2) is 0 Å². The minimum Gasteiger partial charge on any atom is -0.355 e. The molecule has 1 rings (SSSR count). The number of carbonyl (C=O) groups excluding carboxylic acids is 1. The summed E-state index contributed by atoms with van der Waals surface area (Å²) < 4.78 is 0. The number of likely N-dealkylation sites (N-methyl/N-ethyl adjacent to an activating group) is 2. The zero-order valence-electron chi connectivity index (χ0n) is 11.5. The molecule has 0 bridgehead atoms. The molecule has 0 fully saturated rings. The van der Waals surface area contributed by atoms with Gasteiger partial charge < -0.3 is 10.7 Å². The van der Waals surface area contributed by atoms with E-state index in [2.05, 4.69) is 10.7 Å². The van der Waals surface area contributed by atoms with Crippen molar-refractivity contribution in [3.05, 3.63) is 33.9 Å². The van der Waals surface area contributed by atoms with Gasteiger partial charge in [0.2, 0.25) is 5.91 Å². The standard InChI is InChI=1S/C12H19N5O3/c1-3-14-12(18)8-16(2)7-9-4-5-11(17(19)20)10(6-9)15-13/h4-6,15H,3,7-8,13H2,1-2H3,(H,14,18). The Kier molecular flexibility index (Phi) is 5.88. The normalized spacial score (nSPS) is 10.4. The molecule has 0 aliphatic heterocycles. The fourth-order valence-corrected chi connectivity index (χ4v) is 1.82. The highest BCUT2D eigenvalue weighted by molar-refractivity contribution is 5.77. The van der Waals surface area contributed by atoms with Crippen LogP contribution in [0.1, 0.15) is 12.5 Å². The molecule has 0 spiro atoms. The zero-order valence-corrected chi connectivity index (χ0v) is 11.5. The maximum absolute atomic E-state index is 11.4. The van der Waals surface area contributed by atoms with Crippen LogP contribution in [-0.2, 0) is 11.3 Å². The van der Waals surface area contributed by atoms with Crippen molar-refractivity contribution in [2.24, 2.45) is 5.84 Å². The van der Waals surface area contributed by atoms with Crippen LogP contribution in [0, 0.1) is 10.1 Å². The van der Waals surface area contributed by atoms with Gasteiger partial charge in [0.1, 0.15) is 5.69 Å². The van der Waals surface area contributed by atoms with Gasteiger partial charge in [-0.25, -0.2) is 0 Å². The maximum Gasteiger partial charge on any atom is 0.293 e. The number of anilines is 1. The average molecular weight is 281 g/mol. The molecule has 0 aliphatic carbocycles. The van der Waals surface area contributed by atoms with Crippen molar-refractivity contribution < 1.29 is 9.72 Å². The van der Waals surface area contributed by atoms with Crippen LogP contribution >= 0.6 is 0 Å². The van der Waals surface area contributed by atoms with E-state index in [1.54, 1.807) is 19.2 Å². The van der Waals surface area contributed by atoms with E-state index in [0.717, 1.165) is 5.56 Å². The molecule has 0 atom stereocenters. The van der Waals surface area contributed by atoms with E-state index in [1.807, 2.05) is 11.8 Å². The maximum atomic E-state index is 11.4. The van der Waals surface area contributed by atoms with Gasteiger partial charge in [0, 0.05) is 19.2 Å². The Morgan fingerprint density at radius 2 is 2.20 bits per heavy atom. The molecule has 110 valence electrons. The Bertz CT molecular complexity index is 492. The average Bonchev–Trinajstić information content (AvgIpc) is 2.38. The predicted octanol–water partition coefficient (Wildman–Crippen LogP) is 0.448. The molecule has 0 aliphatic rings. The lowest BCUT2D eigenvalue weighted by atomic mass is 10.1. The van der Waals surface area contributed by atoms with E-state index < -0.39 is 4.92 Å². The first-order valence-electron chi connectivity index (χ1n) is 6.17. The number of hydrogen-bond acceptors (Lipinski definition) is 6. The molecular weight excluding hydrogens is 262 g/mol. The van der Waals surface area contributed by atoms with Gasteiger partial charge in [0.05, 0.1) is 11.5 Å². The van der Waals surface area contributed by atoms with E-state index in [0.29, 0.717) is 13.1 Å². The van der Waals surface area contributed by atoms with E-state index in [4.69, 9.17) is 5.84 Å². The molecule has 0 radical (unpaired) electrons. The SMILES string of the molecule is CCNC(=O)CN(C)Cc1ccc([N+](=O)[O-])c(NN)c1. The van der Waals surface area contributed by atoms with Crippen molar-refractivity contribution >= 4 is 17.3 Å². The van der Waals surface area contributed by atoms with Gasteiger partial charge >= 0.3 is 0 Å². The molecule has 4 N–H and O–H groups in total. The number of nitrogens with zero attached hydrogens (tertiary/aromatic N) is 2. The fourth-order valence-electron chi connectivity index (χ4n) is 1.82. The molecule has 0 heterocycles. The Balaban J connectivity index is 2.73. The molecule has 8 nitrogen and oxygen atoms in total. The summed E-state index contributed by atoms with van der Waals surface area (Å²) in [6.45, 7) is 3.19. The second-order valence-electron chi connectivity index (χ2n) is 4.38. The Morgan fingerprint density at radius 1 is 1.50 bits per heavy atom. The van der Waals surface area contributed by atoms with Gasteiger partial charge in [-0.3, -0.25) is 25.7 Å². The van der Waals surface area contributed by atoms with Crippen LogP contribution in [0.5, 0.6) is 0 Å². The number of carbonyl (C=O) groups is 1. The summed E-state index contributed by atoms with van der Waals surface area (Å²) in [6, 6.07) is 4.64. The first-order valence-corrected chi connectivity index (χ1v) is 6.17. The summed E-state index contributed by atoms with van der Waals surface area (Å²) in [5.41, 5.74) is 3.31. The monoisotopic (exact) mass is 281 g/mol. The number of nitrogen functional groups attached to an aromatic ring is 1. The zero-order chi connectivity index (χ0) is 15.1. The van der Waals surface area contributed by atoms with E-state index in [1.165, 1.54) is 6.07 Å². The quantitative estimate of drug-likeness (QED) is 0.380. The Labute approximate surface area is 117 Å². The number of benzene rings is 1. The lowest BCUT2D eigenvalue weighted by Crippen LogP contribution is -2.34. The summed E-state index contributed by atoms with van der Waals surface area (Å²) >= 11 is 0. The Hall–Kier alpha value is -2.19. The molecule has 0 unspecified atom stereocenters. The van der Waals surface area contributed by atoms with Crippen LogP contribution in [0.25, 0.3) is 0 Å². The topological polar surface area (TPSA) is 114 Å². The number of amides is 1. The number of nitro groups is 1. The number of hydrogen-bond donors (Lipinski definition) is 3. The molecule has 1 amide bonds. The van der Waals surface area contributed by atoms with Crippen molar-refractivity contribution in [1.29, 1.82) is 0 Å².